The van der Waals surface area contributed by atoms with Gasteiger partial charge >= 0.3 is 0 Å². The molecule has 0 aliphatic heterocycles. The highest BCUT2D eigenvalue weighted by molar-refractivity contribution is 7.89. The molecule has 4 nitrogen and oxygen atoms in total. The SMILES string of the molecule is CCC(CC)NS(=O)(=O)c1cc(C(C)C)c(OC)cc1C. The van der Waals surface area contributed by atoms with Crippen LogP contribution in [0, 0.1) is 6.92 Å². The summed E-state index contributed by atoms with van der Waals surface area (Å²) in [5.74, 6) is 0.937. The van der Waals surface area contributed by atoms with Crippen molar-refractivity contribution in [2.75, 3.05) is 7.11 Å². The third-order valence-electron chi connectivity index (χ3n) is 3.75. The molecule has 5 heteroatoms. The molecular weight excluding hydrogens is 286 g/mol. The standard InChI is InChI=1S/C16H27NO3S/c1-7-13(8-2)17-21(18,19)16-10-14(11(3)4)15(20-6)9-12(16)5/h9-11,13,17H,7-8H2,1-6H3. The average Bonchev–Trinajstić information content (AvgIpc) is 2.43. The number of sulfonamides is 1. The van der Waals surface area contributed by atoms with Gasteiger partial charge in [-0.15, -0.1) is 0 Å². The van der Waals surface area contributed by atoms with Crippen LogP contribution in [0.4, 0.5) is 0 Å². The third kappa shape index (κ3) is 4.20. The lowest BCUT2D eigenvalue weighted by Crippen LogP contribution is -2.34. The summed E-state index contributed by atoms with van der Waals surface area (Å²) in [7, 11) is -1.89. The first kappa shape index (κ1) is 18.0. The topological polar surface area (TPSA) is 55.4 Å². The van der Waals surface area contributed by atoms with Gasteiger partial charge in [-0.2, -0.15) is 0 Å². The second-order valence-corrected chi connectivity index (χ2v) is 7.33. The normalized spacial score (nSPS) is 12.2. The van der Waals surface area contributed by atoms with Gasteiger partial charge in [-0.1, -0.05) is 27.7 Å². The first-order chi connectivity index (χ1) is 9.76. The molecule has 1 N–H and O–H groups in total. The van der Waals surface area contributed by atoms with E-state index in [1.807, 2.05) is 27.7 Å². The fourth-order valence-electron chi connectivity index (χ4n) is 2.33. The van der Waals surface area contributed by atoms with Crippen LogP contribution < -0.4 is 9.46 Å². The fourth-order valence-corrected chi connectivity index (χ4v) is 4.00. The minimum Gasteiger partial charge on any atom is -0.496 e. The van der Waals surface area contributed by atoms with E-state index < -0.39 is 10.0 Å². The van der Waals surface area contributed by atoms with Crippen LogP contribution in [0.1, 0.15) is 57.6 Å². The monoisotopic (exact) mass is 313 g/mol. The Morgan fingerprint density at radius 1 is 1.19 bits per heavy atom. The molecule has 0 spiro atoms. The van der Waals surface area contributed by atoms with Gasteiger partial charge in [0.05, 0.1) is 12.0 Å². The zero-order chi connectivity index (χ0) is 16.2. The van der Waals surface area contributed by atoms with E-state index in [1.165, 1.54) is 0 Å². The van der Waals surface area contributed by atoms with Crippen molar-refractivity contribution < 1.29 is 13.2 Å². The molecule has 0 fully saturated rings. The summed E-state index contributed by atoms with van der Waals surface area (Å²) in [5.41, 5.74) is 1.61. The first-order valence-corrected chi connectivity index (χ1v) is 8.95. The smallest absolute Gasteiger partial charge is 0.241 e. The van der Waals surface area contributed by atoms with Gasteiger partial charge in [-0.25, -0.2) is 13.1 Å². The molecule has 1 aromatic rings. The minimum atomic E-state index is -3.50. The van der Waals surface area contributed by atoms with Crippen LogP contribution in [0.5, 0.6) is 5.75 Å². The average molecular weight is 313 g/mol. The Kier molecular flexibility index (Phi) is 6.23. The van der Waals surface area contributed by atoms with Crippen LogP contribution in [-0.4, -0.2) is 21.6 Å². The Hall–Kier alpha value is -1.07. The Bertz CT molecular complexity index is 575. The van der Waals surface area contributed by atoms with E-state index in [1.54, 1.807) is 26.2 Å². The van der Waals surface area contributed by atoms with E-state index >= 15 is 0 Å². The van der Waals surface area contributed by atoms with Crippen LogP contribution in [0.2, 0.25) is 0 Å². The van der Waals surface area contributed by atoms with Gasteiger partial charge in [0.1, 0.15) is 5.75 Å². The van der Waals surface area contributed by atoms with E-state index in [2.05, 4.69) is 4.72 Å². The Morgan fingerprint density at radius 3 is 2.19 bits per heavy atom. The highest BCUT2D eigenvalue weighted by atomic mass is 32.2. The molecule has 120 valence electrons. The second-order valence-electron chi connectivity index (χ2n) is 5.65. The van der Waals surface area contributed by atoms with E-state index in [0.29, 0.717) is 10.5 Å². The molecule has 0 aliphatic carbocycles. The van der Waals surface area contributed by atoms with Gasteiger partial charge in [0, 0.05) is 6.04 Å². The molecule has 0 saturated heterocycles. The zero-order valence-corrected chi connectivity index (χ0v) is 14.7. The second kappa shape index (κ2) is 7.27. The molecule has 1 rings (SSSR count). The maximum absolute atomic E-state index is 12.6. The van der Waals surface area contributed by atoms with Crippen molar-refractivity contribution in [1.82, 2.24) is 4.72 Å². The van der Waals surface area contributed by atoms with E-state index in [0.717, 1.165) is 24.2 Å². The van der Waals surface area contributed by atoms with Crippen molar-refractivity contribution >= 4 is 10.0 Å². The van der Waals surface area contributed by atoms with Crippen LogP contribution >= 0.6 is 0 Å². The molecule has 0 aromatic heterocycles. The van der Waals surface area contributed by atoms with Crippen LogP contribution in [0.3, 0.4) is 0 Å². The number of nitrogens with one attached hydrogen (secondary N) is 1. The summed E-state index contributed by atoms with van der Waals surface area (Å²) in [6.07, 6.45) is 1.56. The van der Waals surface area contributed by atoms with Gasteiger partial charge in [0.2, 0.25) is 10.0 Å². The molecule has 0 radical (unpaired) electrons. The number of benzene rings is 1. The van der Waals surface area contributed by atoms with E-state index in [9.17, 15) is 8.42 Å². The van der Waals surface area contributed by atoms with Gasteiger partial charge in [-0.3, -0.25) is 0 Å². The predicted octanol–water partition coefficient (Wildman–Crippen LogP) is 3.59. The Balaban J connectivity index is 3.32. The molecule has 0 atom stereocenters. The summed E-state index contributed by atoms with van der Waals surface area (Å²) in [4.78, 5) is 0.346. The molecule has 21 heavy (non-hydrogen) atoms. The number of rotatable bonds is 7. The summed E-state index contributed by atoms with van der Waals surface area (Å²) in [6.45, 7) is 9.82. The molecule has 0 heterocycles. The van der Waals surface area contributed by atoms with Gasteiger partial charge in [0.25, 0.3) is 0 Å². The molecule has 0 aliphatic rings. The van der Waals surface area contributed by atoms with Crippen molar-refractivity contribution in [2.45, 2.75) is 64.3 Å². The van der Waals surface area contributed by atoms with Crippen LogP contribution in [0.25, 0.3) is 0 Å². The lowest BCUT2D eigenvalue weighted by Gasteiger charge is -2.19. The first-order valence-electron chi connectivity index (χ1n) is 7.47. The van der Waals surface area contributed by atoms with E-state index in [-0.39, 0.29) is 12.0 Å². The number of methoxy groups -OCH3 is 1. The van der Waals surface area contributed by atoms with Crippen molar-refractivity contribution in [3.05, 3.63) is 23.3 Å². The number of ether oxygens (including phenoxy) is 1. The van der Waals surface area contributed by atoms with Gasteiger partial charge in [0.15, 0.2) is 0 Å². The molecule has 0 bridgehead atoms. The Labute approximate surface area is 129 Å². The lowest BCUT2D eigenvalue weighted by atomic mass is 10.0. The molecule has 1 aromatic carbocycles. The quantitative estimate of drug-likeness (QED) is 0.837. The van der Waals surface area contributed by atoms with Gasteiger partial charge in [-0.05, 0) is 48.9 Å². The summed E-state index contributed by atoms with van der Waals surface area (Å²) < 4.78 is 33.4. The lowest BCUT2D eigenvalue weighted by molar-refractivity contribution is 0.406. The highest BCUT2D eigenvalue weighted by Gasteiger charge is 2.22. The van der Waals surface area contributed by atoms with Gasteiger partial charge < -0.3 is 4.74 Å². The molecule has 0 amide bonds. The Morgan fingerprint density at radius 2 is 1.76 bits per heavy atom. The van der Waals surface area contributed by atoms with E-state index in [4.69, 9.17) is 4.74 Å². The maximum Gasteiger partial charge on any atom is 0.241 e. The van der Waals surface area contributed by atoms with Crippen LogP contribution in [-0.2, 0) is 10.0 Å². The van der Waals surface area contributed by atoms with Crippen molar-refractivity contribution in [2.24, 2.45) is 0 Å². The summed E-state index contributed by atoms with van der Waals surface area (Å²) in [5, 5.41) is 0. The highest BCUT2D eigenvalue weighted by Crippen LogP contribution is 2.31. The van der Waals surface area contributed by atoms with Crippen molar-refractivity contribution in [3.63, 3.8) is 0 Å². The van der Waals surface area contributed by atoms with Crippen molar-refractivity contribution in [3.8, 4) is 5.75 Å². The van der Waals surface area contributed by atoms with Crippen molar-refractivity contribution in [1.29, 1.82) is 0 Å². The third-order valence-corrected chi connectivity index (χ3v) is 5.41. The molecule has 0 unspecified atom stereocenters. The number of hydrogen-bond acceptors (Lipinski definition) is 3. The zero-order valence-electron chi connectivity index (χ0n) is 13.9. The molecular formula is C16H27NO3S. The fraction of sp³-hybridized carbons (Fsp3) is 0.625. The summed E-state index contributed by atoms with van der Waals surface area (Å²) >= 11 is 0. The van der Waals surface area contributed by atoms with Crippen LogP contribution in [0.15, 0.2) is 17.0 Å². The number of hydrogen-bond donors (Lipinski definition) is 1. The summed E-state index contributed by atoms with van der Waals surface area (Å²) in [6, 6.07) is 3.51. The predicted molar refractivity (Wildman–Crippen MR) is 86.5 cm³/mol. The largest absolute Gasteiger partial charge is 0.496 e. The maximum atomic E-state index is 12.6. The molecule has 0 saturated carbocycles. The minimum absolute atomic E-state index is 0.0287. The number of aryl methyl sites for hydroxylation is 1.